The molecule has 0 radical (unpaired) electrons. The van der Waals surface area contributed by atoms with Crippen molar-refractivity contribution in [3.8, 4) is 0 Å². The van der Waals surface area contributed by atoms with Crippen LogP contribution < -0.4 is 10.2 Å². The minimum absolute atomic E-state index is 0.0221. The van der Waals surface area contributed by atoms with Crippen LogP contribution in [0.2, 0.25) is 0 Å². The molecule has 1 fully saturated rings. The molecule has 1 aliphatic carbocycles. The average molecular weight is 363 g/mol. The Bertz CT molecular complexity index is 844. The van der Waals surface area contributed by atoms with Crippen LogP contribution >= 0.6 is 0 Å². The van der Waals surface area contributed by atoms with Crippen LogP contribution in [0.25, 0.3) is 0 Å². The van der Waals surface area contributed by atoms with Crippen LogP contribution in [0.3, 0.4) is 0 Å². The third-order valence-corrected chi connectivity index (χ3v) is 5.92. The number of nitrogens with zero attached hydrogens (tertiary/aromatic N) is 2. The molecule has 1 N–H and O–H groups in total. The van der Waals surface area contributed by atoms with Gasteiger partial charge < -0.3 is 10.2 Å². The van der Waals surface area contributed by atoms with Crippen LogP contribution in [-0.4, -0.2) is 23.3 Å². The Balaban J connectivity index is 1.51. The van der Waals surface area contributed by atoms with Crippen LogP contribution in [0.15, 0.2) is 42.7 Å². The molecule has 0 bridgehead atoms. The molecule has 1 atom stereocenters. The summed E-state index contributed by atoms with van der Waals surface area (Å²) in [4.78, 5) is 31.3. The van der Waals surface area contributed by atoms with E-state index >= 15 is 0 Å². The molecule has 2 aromatic rings. The summed E-state index contributed by atoms with van der Waals surface area (Å²) in [6, 6.07) is 9.43. The molecule has 27 heavy (non-hydrogen) atoms. The molecular formula is C22H25N3O2. The highest BCUT2D eigenvalue weighted by molar-refractivity contribution is 6.07. The number of carbonyl (C=O) groups excluding carboxylic acids is 2. The van der Waals surface area contributed by atoms with E-state index in [-0.39, 0.29) is 17.7 Å². The van der Waals surface area contributed by atoms with Crippen LogP contribution in [0, 0.1) is 11.8 Å². The standard InChI is InChI=1S/C22H25N3O2/c1-15(16-5-2-3-6-16)21(26)24-19-9-8-17-10-12-25(20(17)13-19)22(27)18-7-4-11-23-14-18/h4,7-9,11,13-16H,2-3,5-6,10,12H2,1H3,(H,24,26). The lowest BCUT2D eigenvalue weighted by Gasteiger charge is -2.20. The van der Waals surface area contributed by atoms with Crippen LogP contribution in [-0.2, 0) is 11.2 Å². The monoisotopic (exact) mass is 363 g/mol. The van der Waals surface area contributed by atoms with E-state index in [0.717, 1.165) is 36.2 Å². The van der Waals surface area contributed by atoms with E-state index in [1.54, 1.807) is 29.4 Å². The van der Waals surface area contributed by atoms with Gasteiger partial charge >= 0.3 is 0 Å². The molecule has 140 valence electrons. The fraction of sp³-hybridized carbons (Fsp3) is 0.409. The van der Waals surface area contributed by atoms with Crippen molar-refractivity contribution < 1.29 is 9.59 Å². The maximum absolute atomic E-state index is 12.8. The molecule has 2 amide bonds. The summed E-state index contributed by atoms with van der Waals surface area (Å²) >= 11 is 0. The molecule has 0 spiro atoms. The van der Waals surface area contributed by atoms with Crippen molar-refractivity contribution in [3.05, 3.63) is 53.9 Å². The van der Waals surface area contributed by atoms with E-state index in [4.69, 9.17) is 0 Å². The Hall–Kier alpha value is -2.69. The third-order valence-electron chi connectivity index (χ3n) is 5.92. The molecule has 5 heteroatoms. The number of aromatic nitrogens is 1. The van der Waals surface area contributed by atoms with Crippen molar-refractivity contribution in [2.24, 2.45) is 11.8 Å². The predicted molar refractivity (Wildman–Crippen MR) is 106 cm³/mol. The fourth-order valence-corrected chi connectivity index (χ4v) is 4.24. The summed E-state index contributed by atoms with van der Waals surface area (Å²) in [5, 5.41) is 3.06. The van der Waals surface area contributed by atoms with Crippen molar-refractivity contribution in [1.29, 1.82) is 0 Å². The minimum Gasteiger partial charge on any atom is -0.326 e. The van der Waals surface area contributed by atoms with Gasteiger partial charge in [0.2, 0.25) is 5.91 Å². The van der Waals surface area contributed by atoms with Crippen LogP contribution in [0.5, 0.6) is 0 Å². The number of fused-ring (bicyclic) bond motifs is 1. The van der Waals surface area contributed by atoms with E-state index in [1.807, 2.05) is 25.1 Å². The number of rotatable bonds is 4. The Morgan fingerprint density at radius 1 is 1.22 bits per heavy atom. The molecule has 1 aromatic carbocycles. The number of amides is 2. The Kier molecular flexibility index (Phi) is 4.92. The maximum atomic E-state index is 12.8. The van der Waals surface area contributed by atoms with Gasteiger partial charge in [-0.3, -0.25) is 14.6 Å². The second-order valence-electron chi connectivity index (χ2n) is 7.61. The Morgan fingerprint density at radius 3 is 2.78 bits per heavy atom. The summed E-state index contributed by atoms with van der Waals surface area (Å²) in [6.45, 7) is 2.68. The van der Waals surface area contributed by atoms with Gasteiger partial charge in [0.05, 0.1) is 5.56 Å². The molecule has 5 nitrogen and oxygen atoms in total. The lowest BCUT2D eigenvalue weighted by Crippen LogP contribution is -2.29. The number of hydrogen-bond acceptors (Lipinski definition) is 3. The summed E-state index contributed by atoms with van der Waals surface area (Å²) in [5.74, 6) is 0.534. The van der Waals surface area contributed by atoms with Gasteiger partial charge in [0.1, 0.15) is 0 Å². The smallest absolute Gasteiger partial charge is 0.259 e. The minimum atomic E-state index is -0.0512. The Labute approximate surface area is 159 Å². The van der Waals surface area contributed by atoms with Crippen molar-refractivity contribution in [2.45, 2.75) is 39.0 Å². The van der Waals surface area contributed by atoms with Gasteiger partial charge in [0.15, 0.2) is 0 Å². The first-order valence-corrected chi connectivity index (χ1v) is 9.79. The number of benzene rings is 1. The number of pyridine rings is 1. The highest BCUT2D eigenvalue weighted by Gasteiger charge is 2.28. The predicted octanol–water partition coefficient (Wildman–Crippen LogP) is 4.05. The largest absolute Gasteiger partial charge is 0.326 e. The molecule has 1 unspecified atom stereocenters. The van der Waals surface area contributed by atoms with Crippen LogP contribution in [0.1, 0.15) is 48.5 Å². The molecule has 4 rings (SSSR count). The molecular weight excluding hydrogens is 338 g/mol. The lowest BCUT2D eigenvalue weighted by molar-refractivity contribution is -0.120. The van der Waals surface area contributed by atoms with Crippen molar-refractivity contribution in [3.63, 3.8) is 0 Å². The van der Waals surface area contributed by atoms with E-state index in [9.17, 15) is 9.59 Å². The quantitative estimate of drug-likeness (QED) is 0.891. The molecule has 0 saturated heterocycles. The van der Waals surface area contributed by atoms with Crippen molar-refractivity contribution >= 4 is 23.2 Å². The molecule has 2 aliphatic rings. The number of nitrogens with one attached hydrogen (secondary N) is 1. The zero-order chi connectivity index (χ0) is 18.8. The Morgan fingerprint density at radius 2 is 2.04 bits per heavy atom. The van der Waals surface area contributed by atoms with E-state index in [2.05, 4.69) is 10.3 Å². The van der Waals surface area contributed by atoms with Crippen molar-refractivity contribution in [2.75, 3.05) is 16.8 Å². The van der Waals surface area contributed by atoms with Crippen molar-refractivity contribution in [1.82, 2.24) is 4.98 Å². The zero-order valence-corrected chi connectivity index (χ0v) is 15.6. The molecule has 1 aromatic heterocycles. The first-order chi connectivity index (χ1) is 13.1. The van der Waals surface area contributed by atoms with Gasteiger partial charge in [-0.25, -0.2) is 0 Å². The number of carbonyl (C=O) groups is 2. The van der Waals surface area contributed by atoms with Gasteiger partial charge in [-0.2, -0.15) is 0 Å². The fourth-order valence-electron chi connectivity index (χ4n) is 4.24. The van der Waals surface area contributed by atoms with Gasteiger partial charge in [-0.05, 0) is 55.0 Å². The topological polar surface area (TPSA) is 62.3 Å². The third kappa shape index (κ3) is 3.59. The summed E-state index contributed by atoms with van der Waals surface area (Å²) < 4.78 is 0. The molecule has 1 aliphatic heterocycles. The van der Waals surface area contributed by atoms with Gasteiger partial charge in [-0.15, -0.1) is 0 Å². The normalized spacial score (nSPS) is 17.6. The van der Waals surface area contributed by atoms with E-state index in [1.165, 1.54) is 12.8 Å². The number of anilines is 2. The zero-order valence-electron chi connectivity index (χ0n) is 15.6. The summed E-state index contributed by atoms with van der Waals surface area (Å²) in [6.07, 6.45) is 8.83. The van der Waals surface area contributed by atoms with Gasteiger partial charge in [0.25, 0.3) is 5.91 Å². The highest BCUT2D eigenvalue weighted by atomic mass is 16.2. The SMILES string of the molecule is CC(C(=O)Nc1ccc2c(c1)N(C(=O)c1cccnc1)CC2)C1CCCC1. The van der Waals surface area contributed by atoms with E-state index in [0.29, 0.717) is 18.0 Å². The average Bonchev–Trinajstić information content (AvgIpc) is 3.37. The van der Waals surface area contributed by atoms with Gasteiger partial charge in [0, 0.05) is 36.2 Å². The second kappa shape index (κ2) is 7.51. The second-order valence-corrected chi connectivity index (χ2v) is 7.61. The molecule has 1 saturated carbocycles. The first kappa shape index (κ1) is 17.7. The van der Waals surface area contributed by atoms with Gasteiger partial charge in [-0.1, -0.05) is 25.8 Å². The van der Waals surface area contributed by atoms with Crippen LogP contribution in [0.4, 0.5) is 11.4 Å². The summed E-state index contributed by atoms with van der Waals surface area (Å²) in [7, 11) is 0. The summed E-state index contributed by atoms with van der Waals surface area (Å²) in [5.41, 5.74) is 3.35. The first-order valence-electron chi connectivity index (χ1n) is 9.79. The number of hydrogen-bond donors (Lipinski definition) is 1. The van der Waals surface area contributed by atoms with E-state index < -0.39 is 0 Å². The highest BCUT2D eigenvalue weighted by Crippen LogP contribution is 2.34. The lowest BCUT2D eigenvalue weighted by atomic mass is 9.92. The molecule has 2 heterocycles. The maximum Gasteiger partial charge on any atom is 0.259 e.